The topological polar surface area (TPSA) is 64.4 Å². The summed E-state index contributed by atoms with van der Waals surface area (Å²) in [5.41, 5.74) is 0.967. The van der Waals surface area contributed by atoms with Crippen LogP contribution in [0.25, 0.3) is 10.8 Å². The summed E-state index contributed by atoms with van der Waals surface area (Å²) in [5, 5.41) is 10.2. The second kappa shape index (κ2) is 6.34. The zero-order chi connectivity index (χ0) is 16.3. The molecule has 0 saturated heterocycles. The molecule has 0 radical (unpaired) electrons. The molecule has 6 heteroatoms. The van der Waals surface area contributed by atoms with E-state index in [0.717, 1.165) is 11.1 Å². The van der Waals surface area contributed by atoms with Crippen LogP contribution in [0.15, 0.2) is 41.3 Å². The SMILES string of the molecule is CN(C)c1cccc2c(S(=O)(=O)N(C)CCC#N)cccc12. The van der Waals surface area contributed by atoms with Crippen molar-refractivity contribution in [2.24, 2.45) is 0 Å². The van der Waals surface area contributed by atoms with Gasteiger partial charge in [-0.15, -0.1) is 0 Å². The third-order valence-electron chi connectivity index (χ3n) is 3.57. The van der Waals surface area contributed by atoms with Gasteiger partial charge in [-0.3, -0.25) is 0 Å². The van der Waals surface area contributed by atoms with Gasteiger partial charge in [0, 0.05) is 50.6 Å². The van der Waals surface area contributed by atoms with Gasteiger partial charge in [0.1, 0.15) is 0 Å². The van der Waals surface area contributed by atoms with Crippen molar-refractivity contribution in [1.82, 2.24) is 4.31 Å². The van der Waals surface area contributed by atoms with E-state index in [-0.39, 0.29) is 17.9 Å². The summed E-state index contributed by atoms with van der Waals surface area (Å²) in [6.45, 7) is 0.183. The molecule has 0 aliphatic rings. The Labute approximate surface area is 131 Å². The minimum atomic E-state index is -3.62. The fourth-order valence-corrected chi connectivity index (χ4v) is 3.75. The first-order valence-corrected chi connectivity index (χ1v) is 8.36. The van der Waals surface area contributed by atoms with Crippen LogP contribution in [0.5, 0.6) is 0 Å². The Kier molecular flexibility index (Phi) is 4.69. The molecule has 2 aromatic carbocycles. The molecule has 0 saturated carbocycles. The van der Waals surface area contributed by atoms with Crippen LogP contribution in [0.4, 0.5) is 5.69 Å². The highest BCUT2D eigenvalue weighted by molar-refractivity contribution is 7.89. The summed E-state index contributed by atoms with van der Waals surface area (Å²) in [4.78, 5) is 2.23. The molecule has 0 N–H and O–H groups in total. The summed E-state index contributed by atoms with van der Waals surface area (Å²) in [5.74, 6) is 0. The second-order valence-electron chi connectivity index (χ2n) is 5.26. The second-order valence-corrected chi connectivity index (χ2v) is 7.27. The normalized spacial score (nSPS) is 11.6. The lowest BCUT2D eigenvalue weighted by atomic mass is 10.1. The maximum absolute atomic E-state index is 12.7. The first kappa shape index (κ1) is 16.3. The smallest absolute Gasteiger partial charge is 0.243 e. The average Bonchev–Trinajstić information content (AvgIpc) is 2.50. The number of nitriles is 1. The van der Waals surface area contributed by atoms with E-state index in [1.165, 1.54) is 11.4 Å². The van der Waals surface area contributed by atoms with E-state index in [9.17, 15) is 8.42 Å². The van der Waals surface area contributed by atoms with Gasteiger partial charge in [0.25, 0.3) is 0 Å². The monoisotopic (exact) mass is 317 g/mol. The van der Waals surface area contributed by atoms with Crippen LogP contribution in [0.1, 0.15) is 6.42 Å². The number of rotatable bonds is 5. The van der Waals surface area contributed by atoms with Gasteiger partial charge in [0.05, 0.1) is 11.0 Å². The molecule has 0 unspecified atom stereocenters. The first-order chi connectivity index (χ1) is 10.4. The van der Waals surface area contributed by atoms with Gasteiger partial charge in [0.15, 0.2) is 0 Å². The molecule has 22 heavy (non-hydrogen) atoms. The van der Waals surface area contributed by atoms with Crippen LogP contribution in [0.3, 0.4) is 0 Å². The molecule has 0 atom stereocenters. The molecule has 0 spiro atoms. The molecule has 0 aliphatic carbocycles. The quantitative estimate of drug-likeness (QED) is 0.849. The highest BCUT2D eigenvalue weighted by Gasteiger charge is 2.23. The van der Waals surface area contributed by atoms with Gasteiger partial charge in [0.2, 0.25) is 10.0 Å². The molecule has 0 bridgehead atoms. The largest absolute Gasteiger partial charge is 0.377 e. The highest BCUT2D eigenvalue weighted by Crippen LogP contribution is 2.31. The minimum Gasteiger partial charge on any atom is -0.377 e. The van der Waals surface area contributed by atoms with E-state index in [1.54, 1.807) is 12.1 Å². The minimum absolute atomic E-state index is 0.170. The van der Waals surface area contributed by atoms with Crippen molar-refractivity contribution >= 4 is 26.5 Å². The van der Waals surface area contributed by atoms with E-state index in [0.29, 0.717) is 5.39 Å². The van der Waals surface area contributed by atoms with Crippen molar-refractivity contribution in [3.05, 3.63) is 36.4 Å². The van der Waals surface area contributed by atoms with E-state index in [4.69, 9.17) is 5.26 Å². The molecule has 0 aromatic heterocycles. The van der Waals surface area contributed by atoms with Crippen LogP contribution in [-0.4, -0.2) is 40.4 Å². The third kappa shape index (κ3) is 2.91. The number of nitrogens with zero attached hydrogens (tertiary/aromatic N) is 3. The Hall–Kier alpha value is -2.10. The summed E-state index contributed by atoms with van der Waals surface area (Å²) < 4.78 is 26.7. The number of hydrogen-bond donors (Lipinski definition) is 0. The number of benzene rings is 2. The third-order valence-corrected chi connectivity index (χ3v) is 5.48. The maximum Gasteiger partial charge on any atom is 0.243 e. The number of anilines is 1. The van der Waals surface area contributed by atoms with Gasteiger partial charge in [-0.25, -0.2) is 8.42 Å². The van der Waals surface area contributed by atoms with Gasteiger partial charge >= 0.3 is 0 Å². The molecule has 0 aliphatic heterocycles. The molecular weight excluding hydrogens is 298 g/mol. The van der Waals surface area contributed by atoms with E-state index < -0.39 is 10.0 Å². The van der Waals surface area contributed by atoms with Crippen LogP contribution >= 0.6 is 0 Å². The Balaban J connectivity index is 2.62. The van der Waals surface area contributed by atoms with Crippen molar-refractivity contribution in [2.75, 3.05) is 32.6 Å². The van der Waals surface area contributed by atoms with Crippen LogP contribution in [-0.2, 0) is 10.0 Å². The highest BCUT2D eigenvalue weighted by atomic mass is 32.2. The maximum atomic E-state index is 12.7. The predicted molar refractivity (Wildman–Crippen MR) is 88.3 cm³/mol. The van der Waals surface area contributed by atoms with E-state index in [1.807, 2.05) is 49.3 Å². The molecule has 2 rings (SSSR count). The lowest BCUT2D eigenvalue weighted by Gasteiger charge is -2.19. The van der Waals surface area contributed by atoms with Gasteiger partial charge < -0.3 is 4.90 Å². The molecular formula is C16H19N3O2S. The van der Waals surface area contributed by atoms with Crippen molar-refractivity contribution in [2.45, 2.75) is 11.3 Å². The molecule has 0 heterocycles. The van der Waals surface area contributed by atoms with Crippen LogP contribution in [0.2, 0.25) is 0 Å². The zero-order valence-electron chi connectivity index (χ0n) is 12.9. The molecule has 2 aromatic rings. The summed E-state index contributed by atoms with van der Waals surface area (Å²) in [6.07, 6.45) is 0.170. The lowest BCUT2D eigenvalue weighted by molar-refractivity contribution is 0.477. The van der Waals surface area contributed by atoms with Gasteiger partial charge in [-0.05, 0) is 12.1 Å². The van der Waals surface area contributed by atoms with E-state index >= 15 is 0 Å². The van der Waals surface area contributed by atoms with Crippen LogP contribution in [0, 0.1) is 11.3 Å². The molecule has 5 nitrogen and oxygen atoms in total. The number of sulfonamides is 1. The summed E-state index contributed by atoms with van der Waals surface area (Å²) in [6, 6.07) is 12.9. The lowest BCUT2D eigenvalue weighted by Crippen LogP contribution is -2.28. The van der Waals surface area contributed by atoms with Crippen molar-refractivity contribution in [3.8, 4) is 6.07 Å². The fourth-order valence-electron chi connectivity index (χ4n) is 2.37. The predicted octanol–water partition coefficient (Wildman–Crippen LogP) is 2.44. The Morgan fingerprint density at radius 1 is 1.05 bits per heavy atom. The Morgan fingerprint density at radius 2 is 1.68 bits per heavy atom. The van der Waals surface area contributed by atoms with Crippen molar-refractivity contribution in [3.63, 3.8) is 0 Å². The molecule has 116 valence electrons. The fraction of sp³-hybridized carbons (Fsp3) is 0.312. The first-order valence-electron chi connectivity index (χ1n) is 6.92. The van der Waals surface area contributed by atoms with Crippen molar-refractivity contribution in [1.29, 1.82) is 5.26 Å². The standard InChI is InChI=1S/C16H19N3O2S/c1-18(2)15-9-4-8-14-13(15)7-5-10-16(14)22(20,21)19(3)12-6-11-17/h4-5,7-10H,6,12H2,1-3H3. The zero-order valence-corrected chi connectivity index (χ0v) is 13.8. The molecule has 0 amide bonds. The summed E-state index contributed by atoms with van der Waals surface area (Å²) in [7, 11) is 1.74. The average molecular weight is 317 g/mol. The number of hydrogen-bond acceptors (Lipinski definition) is 4. The van der Waals surface area contributed by atoms with Crippen LogP contribution < -0.4 is 4.90 Å². The van der Waals surface area contributed by atoms with Crippen molar-refractivity contribution < 1.29 is 8.42 Å². The Bertz CT molecular complexity index is 823. The van der Waals surface area contributed by atoms with Gasteiger partial charge in [-0.1, -0.05) is 24.3 Å². The number of fused-ring (bicyclic) bond motifs is 1. The summed E-state index contributed by atoms with van der Waals surface area (Å²) >= 11 is 0. The Morgan fingerprint density at radius 3 is 2.32 bits per heavy atom. The van der Waals surface area contributed by atoms with E-state index in [2.05, 4.69) is 0 Å². The van der Waals surface area contributed by atoms with Gasteiger partial charge in [-0.2, -0.15) is 9.57 Å². The molecule has 0 fully saturated rings.